The van der Waals surface area contributed by atoms with Crippen molar-refractivity contribution in [2.45, 2.75) is 76.3 Å². The number of hydrogen-bond acceptors (Lipinski definition) is 11. The van der Waals surface area contributed by atoms with Crippen LogP contribution in [-0.2, 0) is 23.9 Å². The van der Waals surface area contributed by atoms with Crippen molar-refractivity contribution in [3.8, 4) is 11.3 Å². The number of carbonyl (C=O) groups is 4. The number of aromatic nitrogens is 2. The first-order valence-electron chi connectivity index (χ1n) is 20.9. The lowest BCUT2D eigenvalue weighted by Crippen LogP contribution is -2.48. The Balaban J connectivity index is 0.755. The summed E-state index contributed by atoms with van der Waals surface area (Å²) < 4.78 is 35.4. The molecule has 0 spiro atoms. The summed E-state index contributed by atoms with van der Waals surface area (Å²) in [7, 11) is 0. The lowest BCUT2D eigenvalue weighted by Gasteiger charge is -2.39. The van der Waals surface area contributed by atoms with Crippen molar-refractivity contribution in [1.82, 2.24) is 20.2 Å². The molecule has 4 heterocycles. The van der Waals surface area contributed by atoms with Crippen molar-refractivity contribution >= 4 is 46.5 Å². The molecule has 13 nitrogen and oxygen atoms in total. The maximum absolute atomic E-state index is 15.2. The Labute approximate surface area is 337 Å². The molecule has 308 valence electrons. The average molecular weight is 799 g/mol. The van der Waals surface area contributed by atoms with E-state index in [1.807, 2.05) is 6.07 Å². The number of hydrogen-bond donors (Lipinski definition) is 3. The number of piperazine rings is 1. The molecule has 3 aromatic rings. The smallest absolute Gasteiger partial charge is 0.253 e. The van der Waals surface area contributed by atoms with Gasteiger partial charge in [0.15, 0.2) is 5.82 Å². The molecule has 5 aliphatic rings. The van der Waals surface area contributed by atoms with Crippen LogP contribution in [0.3, 0.4) is 0 Å². The Morgan fingerprint density at radius 2 is 1.60 bits per heavy atom. The van der Waals surface area contributed by atoms with Crippen LogP contribution >= 0.6 is 0 Å². The molecule has 58 heavy (non-hydrogen) atoms. The first-order valence-corrected chi connectivity index (χ1v) is 20.9. The molecule has 8 rings (SSSR count). The zero-order valence-electron chi connectivity index (χ0n) is 32.8. The Bertz CT molecular complexity index is 1990. The van der Waals surface area contributed by atoms with Gasteiger partial charge in [-0.3, -0.25) is 29.4 Å². The van der Waals surface area contributed by atoms with Crippen LogP contribution in [0.25, 0.3) is 11.3 Å². The van der Waals surface area contributed by atoms with E-state index in [1.54, 1.807) is 35.2 Å². The number of Topliss-reactive ketones (excluding diaryl/α,β-unsaturated/α-hetero) is 1. The molecular formula is C43H52F2N8O5. The van der Waals surface area contributed by atoms with E-state index in [0.717, 1.165) is 84.1 Å². The minimum absolute atomic E-state index is 0.0245. The molecule has 3 amide bonds. The third-order valence-electron chi connectivity index (χ3n) is 12.6. The van der Waals surface area contributed by atoms with Crippen LogP contribution < -0.4 is 25.8 Å². The van der Waals surface area contributed by atoms with Crippen LogP contribution in [0.15, 0.2) is 48.7 Å². The highest BCUT2D eigenvalue weighted by molar-refractivity contribution is 6.01. The molecule has 0 bridgehead atoms. The summed E-state index contributed by atoms with van der Waals surface area (Å²) in [4.78, 5) is 64.5. The van der Waals surface area contributed by atoms with Gasteiger partial charge in [0.1, 0.15) is 29.9 Å². The quantitative estimate of drug-likeness (QED) is 0.221. The first-order chi connectivity index (χ1) is 28.2. The highest BCUT2D eigenvalue weighted by atomic mass is 19.1. The highest BCUT2D eigenvalue weighted by Gasteiger charge is 2.35. The van der Waals surface area contributed by atoms with E-state index >= 15 is 4.39 Å². The molecule has 1 atom stereocenters. The van der Waals surface area contributed by atoms with E-state index in [0.29, 0.717) is 59.8 Å². The predicted molar refractivity (Wildman–Crippen MR) is 215 cm³/mol. The fourth-order valence-corrected chi connectivity index (χ4v) is 9.34. The lowest BCUT2D eigenvalue weighted by atomic mass is 9.73. The fraction of sp³-hybridized carbons (Fsp3) is 0.535. The monoisotopic (exact) mass is 798 g/mol. The predicted octanol–water partition coefficient (Wildman–Crippen LogP) is 5.17. The van der Waals surface area contributed by atoms with Gasteiger partial charge in [-0.25, -0.2) is 18.7 Å². The zero-order chi connectivity index (χ0) is 40.2. The van der Waals surface area contributed by atoms with Crippen LogP contribution in [0, 0.1) is 29.4 Å². The van der Waals surface area contributed by atoms with Gasteiger partial charge in [0, 0.05) is 80.5 Å². The van der Waals surface area contributed by atoms with Gasteiger partial charge in [-0.05, 0) is 94.0 Å². The molecule has 2 saturated carbocycles. The molecule has 2 aliphatic carbocycles. The van der Waals surface area contributed by atoms with E-state index in [9.17, 15) is 23.6 Å². The van der Waals surface area contributed by atoms with Crippen LogP contribution in [0.2, 0.25) is 0 Å². The van der Waals surface area contributed by atoms with Gasteiger partial charge in [-0.2, -0.15) is 0 Å². The molecule has 3 aliphatic heterocycles. The summed E-state index contributed by atoms with van der Waals surface area (Å²) in [5.74, 6) is -0.197. The van der Waals surface area contributed by atoms with E-state index in [4.69, 9.17) is 4.74 Å². The number of ether oxygens (including phenoxy) is 1. The van der Waals surface area contributed by atoms with Crippen molar-refractivity contribution < 1.29 is 32.7 Å². The SMILES string of the molecule is O=C1CCC(Nc2ccc(N3CCN(C[C@H]4CC[C@H](C(=O)C5CCC(Nc6ncc(F)c(-c7cccc(N8CCOCC8=O)c7)n6)CC5)CC4)CC3)c(F)c2)C(=O)N1. The zero-order valence-corrected chi connectivity index (χ0v) is 32.8. The van der Waals surface area contributed by atoms with Crippen molar-refractivity contribution in [2.75, 3.05) is 72.9 Å². The average Bonchev–Trinajstić information content (AvgIpc) is 3.23. The van der Waals surface area contributed by atoms with Gasteiger partial charge in [0.2, 0.25) is 17.8 Å². The standard InChI is InChI=1S/C43H52F2N8O5/c44-34-23-32(47-36-13-15-38(54)49-42(36)57)12-14-37(34)52-18-16-51(17-19-52)25-27-4-6-28(7-5-27)41(56)29-8-10-31(11-9-29)48-43-46-24-35(45)40(50-43)30-2-1-3-33(22-30)53-20-21-58-26-39(53)55/h1-3,12,14,22-24,27-29,31,36,47H,4-11,13,15-21,25-26H2,(H,46,48,50)(H,49,54,57)/t27-,28-,29?,31?,36?. The van der Waals surface area contributed by atoms with Crippen molar-refractivity contribution in [3.63, 3.8) is 0 Å². The van der Waals surface area contributed by atoms with Gasteiger partial charge in [0.05, 0.1) is 18.5 Å². The second-order valence-corrected chi connectivity index (χ2v) is 16.5. The van der Waals surface area contributed by atoms with Gasteiger partial charge < -0.3 is 25.2 Å². The Hall–Kier alpha value is -5.02. The summed E-state index contributed by atoms with van der Waals surface area (Å²) in [5.41, 5.74) is 2.47. The third-order valence-corrected chi connectivity index (χ3v) is 12.6. The van der Waals surface area contributed by atoms with Gasteiger partial charge in [-0.15, -0.1) is 0 Å². The fourth-order valence-electron chi connectivity index (χ4n) is 9.34. The summed E-state index contributed by atoms with van der Waals surface area (Å²) in [5, 5.41) is 8.76. The van der Waals surface area contributed by atoms with E-state index in [1.165, 1.54) is 12.3 Å². The second-order valence-electron chi connectivity index (χ2n) is 16.5. The van der Waals surface area contributed by atoms with E-state index < -0.39 is 11.9 Å². The topological polar surface area (TPSA) is 149 Å². The van der Waals surface area contributed by atoms with Crippen LogP contribution in [0.1, 0.15) is 64.2 Å². The van der Waals surface area contributed by atoms with Crippen LogP contribution in [0.4, 0.5) is 31.8 Å². The van der Waals surface area contributed by atoms with Crippen LogP contribution in [0.5, 0.6) is 0 Å². The third kappa shape index (κ3) is 9.31. The summed E-state index contributed by atoms with van der Waals surface area (Å²) in [6, 6.07) is 11.7. The number of imide groups is 1. The lowest BCUT2D eigenvalue weighted by molar-refractivity contribution is -0.134. The second kappa shape index (κ2) is 17.9. The number of benzene rings is 2. The molecular weight excluding hydrogens is 747 g/mol. The molecule has 2 aromatic carbocycles. The molecule has 15 heteroatoms. The van der Waals surface area contributed by atoms with E-state index in [-0.39, 0.29) is 60.1 Å². The van der Waals surface area contributed by atoms with Crippen molar-refractivity contribution in [1.29, 1.82) is 0 Å². The number of amides is 3. The number of ketones is 1. The van der Waals surface area contributed by atoms with Gasteiger partial charge in [-0.1, -0.05) is 12.1 Å². The van der Waals surface area contributed by atoms with E-state index in [2.05, 4.69) is 35.7 Å². The number of nitrogens with zero attached hydrogens (tertiary/aromatic N) is 5. The maximum atomic E-state index is 15.2. The van der Waals surface area contributed by atoms with Crippen molar-refractivity contribution in [2.24, 2.45) is 17.8 Å². The number of nitrogens with one attached hydrogen (secondary N) is 3. The molecule has 1 aromatic heterocycles. The number of halogens is 2. The number of anilines is 4. The summed E-state index contributed by atoms with van der Waals surface area (Å²) in [6.45, 7) is 5.05. The van der Waals surface area contributed by atoms with Gasteiger partial charge in [0.25, 0.3) is 5.91 Å². The Kier molecular flexibility index (Phi) is 12.3. The Morgan fingerprint density at radius 3 is 2.33 bits per heavy atom. The minimum atomic E-state index is -0.558. The molecule has 0 radical (unpaired) electrons. The molecule has 3 N–H and O–H groups in total. The molecule has 5 fully saturated rings. The van der Waals surface area contributed by atoms with Crippen LogP contribution in [-0.4, -0.2) is 103 Å². The molecule has 3 saturated heterocycles. The maximum Gasteiger partial charge on any atom is 0.253 e. The summed E-state index contributed by atoms with van der Waals surface area (Å²) in [6.07, 6.45) is 9.01. The number of piperidine rings is 1. The normalized spacial score (nSPS) is 26.0. The number of morpholine rings is 1. The number of carbonyl (C=O) groups excluding carboxylic acids is 4. The first kappa shape index (κ1) is 39.8. The number of rotatable bonds is 11. The van der Waals surface area contributed by atoms with Gasteiger partial charge >= 0.3 is 0 Å². The molecule has 1 unspecified atom stereocenters. The summed E-state index contributed by atoms with van der Waals surface area (Å²) >= 11 is 0. The largest absolute Gasteiger partial charge is 0.374 e. The minimum Gasteiger partial charge on any atom is -0.374 e. The Morgan fingerprint density at radius 1 is 0.845 bits per heavy atom. The highest BCUT2D eigenvalue weighted by Crippen LogP contribution is 2.36. The van der Waals surface area contributed by atoms with Crippen molar-refractivity contribution in [3.05, 3.63) is 60.3 Å².